The molecule has 63 heavy (non-hydrogen) atoms. The number of carbonyl (C=O) groups excluding carboxylic acids is 2. The van der Waals surface area contributed by atoms with Crippen molar-refractivity contribution < 1.29 is 29.5 Å². The van der Waals surface area contributed by atoms with E-state index in [2.05, 4.69) is 42.7 Å². The van der Waals surface area contributed by atoms with Crippen molar-refractivity contribution in [3.8, 4) is 0 Å². The normalized spacial score (nSPS) is 12.4. The van der Waals surface area contributed by atoms with Gasteiger partial charge in [-0.25, -0.2) is 0 Å². The van der Waals surface area contributed by atoms with E-state index in [1.807, 2.05) is 12.6 Å². The van der Waals surface area contributed by atoms with Gasteiger partial charge in [-0.05, 0) is 90.3 Å². The molecule has 0 aromatic heterocycles. The van der Waals surface area contributed by atoms with Crippen molar-refractivity contribution in [2.24, 2.45) is 15.9 Å². The maximum atomic E-state index is 12.7. The lowest BCUT2D eigenvalue weighted by Gasteiger charge is -2.22. The summed E-state index contributed by atoms with van der Waals surface area (Å²) in [6.07, 6.45) is 42.0. The number of nitrogens with zero attached hydrogens (tertiary/aromatic N) is 3. The van der Waals surface area contributed by atoms with Crippen LogP contribution in [0.2, 0.25) is 0 Å². The molecule has 0 aromatic carbocycles. The van der Waals surface area contributed by atoms with Crippen LogP contribution in [0, 0.1) is 5.41 Å². The van der Waals surface area contributed by atoms with Crippen molar-refractivity contribution in [1.82, 2.24) is 10.4 Å². The Labute approximate surface area is 387 Å². The van der Waals surface area contributed by atoms with Crippen LogP contribution >= 0.6 is 0 Å². The highest BCUT2D eigenvalue weighted by molar-refractivity contribution is 6.66. The van der Waals surface area contributed by atoms with Crippen molar-refractivity contribution in [2.75, 3.05) is 33.3 Å². The quantitative estimate of drug-likeness (QED) is 0.00755. The standard InChI is InChI=1S/C39H76N6O5.C12H26O/c1-3-5-7-9-14-20-27-35(28-21-15-10-8-6-4-2)50-36(47)29-22-16-13-18-24-32-45(31-23-17-11-12-19-25-34-46)33-26-30-42-39(44-49)37(43-48)38(40)41;1-4-6-7-8-9-10-11-12(5-2)13-3/h34-35,48-49H,3-33H2,1-2H3,(H3,40,41)(H,42,44);12H,4-11H2,1-3H3/b43-37+;. The van der Waals surface area contributed by atoms with Gasteiger partial charge in [0.05, 0.1) is 6.10 Å². The minimum atomic E-state index is -0.490. The predicted molar refractivity (Wildman–Crippen MR) is 266 cm³/mol. The monoisotopic (exact) mass is 895 g/mol. The molecule has 1 unspecified atom stereocenters. The van der Waals surface area contributed by atoms with Gasteiger partial charge in [0, 0.05) is 26.5 Å². The van der Waals surface area contributed by atoms with Gasteiger partial charge < -0.3 is 30.1 Å². The fourth-order valence-electron chi connectivity index (χ4n) is 7.89. The zero-order chi connectivity index (χ0) is 46.9. The summed E-state index contributed by atoms with van der Waals surface area (Å²) < 4.78 is 11.3. The number of amidine groups is 2. The highest BCUT2D eigenvalue weighted by Gasteiger charge is 2.15. The molecule has 0 saturated carbocycles. The third-order valence-corrected chi connectivity index (χ3v) is 12.0. The lowest BCUT2D eigenvalue weighted by Crippen LogP contribution is -2.38. The molecule has 12 nitrogen and oxygen atoms in total. The van der Waals surface area contributed by atoms with E-state index < -0.39 is 5.84 Å². The van der Waals surface area contributed by atoms with Crippen molar-refractivity contribution >= 4 is 29.6 Å². The van der Waals surface area contributed by atoms with Crippen LogP contribution in [-0.4, -0.2) is 90.4 Å². The number of oxime groups is 1. The summed E-state index contributed by atoms with van der Waals surface area (Å²) in [7, 11) is 1.82. The first kappa shape index (κ1) is 62.5. The Kier molecular flexibility index (Phi) is 50.0. The maximum absolute atomic E-state index is 12.7. The van der Waals surface area contributed by atoms with Gasteiger partial charge in [-0.1, -0.05) is 174 Å². The molecular weight excluding hydrogens is 793 g/mol. The van der Waals surface area contributed by atoms with Crippen molar-refractivity contribution in [3.05, 3.63) is 0 Å². The van der Waals surface area contributed by atoms with Crippen LogP contribution in [0.25, 0.3) is 0 Å². The first-order valence-corrected chi connectivity index (χ1v) is 26.2. The van der Waals surface area contributed by atoms with Crippen LogP contribution in [-0.2, 0) is 19.1 Å². The number of nitrogens with one attached hydrogen (secondary N) is 2. The second-order valence-electron chi connectivity index (χ2n) is 17.7. The lowest BCUT2D eigenvalue weighted by molar-refractivity contribution is -0.150. The first-order chi connectivity index (χ1) is 30.8. The number of ether oxygens (including phenoxy) is 2. The summed E-state index contributed by atoms with van der Waals surface area (Å²) in [5.74, 6) is -0.639. The Morgan fingerprint density at radius 3 is 1.51 bits per heavy atom. The van der Waals surface area contributed by atoms with E-state index >= 15 is 0 Å². The number of methoxy groups -OCH3 is 1. The number of hydrogen-bond donors (Lipinski definition) is 5. The zero-order valence-electron chi connectivity index (χ0n) is 41.8. The number of esters is 1. The molecule has 1 atom stereocenters. The van der Waals surface area contributed by atoms with E-state index in [1.54, 1.807) is 0 Å². The fraction of sp³-hybridized carbons (Fsp3) is 0.902. The number of aldehydes is 1. The van der Waals surface area contributed by atoms with Crippen molar-refractivity contribution in [3.63, 3.8) is 0 Å². The number of carbonyl (C=O) groups is 2. The van der Waals surface area contributed by atoms with E-state index in [4.69, 9.17) is 25.8 Å². The molecule has 0 saturated heterocycles. The second kappa shape index (κ2) is 50.4. The van der Waals surface area contributed by atoms with Gasteiger partial charge in [-0.3, -0.25) is 25.9 Å². The third-order valence-electron chi connectivity index (χ3n) is 12.0. The van der Waals surface area contributed by atoms with Crippen LogP contribution in [0.15, 0.2) is 10.1 Å². The molecule has 0 aliphatic carbocycles. The number of aliphatic imine (C=N–C) groups is 1. The maximum Gasteiger partial charge on any atom is 0.306 e. The molecule has 0 aromatic rings. The number of rotatable bonds is 46. The second-order valence-corrected chi connectivity index (χ2v) is 17.7. The molecule has 0 amide bonds. The van der Waals surface area contributed by atoms with Crippen LogP contribution < -0.4 is 11.2 Å². The minimum Gasteiger partial charge on any atom is -0.462 e. The molecule has 0 fully saturated rings. The molecule has 12 heteroatoms. The molecule has 0 rings (SSSR count). The fourth-order valence-corrected chi connectivity index (χ4v) is 7.89. The molecule has 0 bridgehead atoms. The lowest BCUT2D eigenvalue weighted by atomic mass is 10.0. The number of nitrogens with two attached hydrogens (primary N) is 1. The van der Waals surface area contributed by atoms with E-state index in [1.165, 1.54) is 109 Å². The molecule has 372 valence electrons. The zero-order valence-corrected chi connectivity index (χ0v) is 41.8. The summed E-state index contributed by atoms with van der Waals surface area (Å²) in [6.45, 7) is 12.1. The number of hydroxylamine groups is 1. The van der Waals surface area contributed by atoms with E-state index in [0.717, 1.165) is 129 Å². The minimum absolute atomic E-state index is 0.0211. The molecule has 0 radical (unpaired) electrons. The van der Waals surface area contributed by atoms with E-state index in [0.29, 0.717) is 25.5 Å². The topological polar surface area (TPSA) is 183 Å². The van der Waals surface area contributed by atoms with Gasteiger partial charge in [-0.2, -0.15) is 0 Å². The Morgan fingerprint density at radius 1 is 0.651 bits per heavy atom. The van der Waals surface area contributed by atoms with E-state index in [-0.39, 0.29) is 23.6 Å². The molecular formula is C51H102N6O6. The van der Waals surface area contributed by atoms with Gasteiger partial charge in [0.1, 0.15) is 18.2 Å². The van der Waals surface area contributed by atoms with Gasteiger partial charge in [0.2, 0.25) is 0 Å². The summed E-state index contributed by atoms with van der Waals surface area (Å²) in [5, 5.41) is 28.8. The van der Waals surface area contributed by atoms with Crippen molar-refractivity contribution in [1.29, 1.82) is 5.41 Å². The smallest absolute Gasteiger partial charge is 0.306 e. The molecule has 0 aliphatic rings. The average molecular weight is 895 g/mol. The summed E-state index contributed by atoms with van der Waals surface area (Å²) in [5.41, 5.74) is 6.96. The van der Waals surface area contributed by atoms with Gasteiger partial charge in [0.25, 0.3) is 0 Å². The van der Waals surface area contributed by atoms with Crippen LogP contribution in [0.4, 0.5) is 0 Å². The molecule has 0 heterocycles. The predicted octanol–water partition coefficient (Wildman–Crippen LogP) is 13.3. The SMILES string of the molecule is CCCCCCCCC(CC)OC.CCCCCCCCC(CCCCCCCC)OC(=O)CCCCCCCN(CCCCCCCC=O)CCCN=C(NO)/C(=N/O)C(=N)N. The summed E-state index contributed by atoms with van der Waals surface area (Å²) in [6, 6.07) is 0. The molecule has 0 aliphatic heterocycles. The highest BCUT2D eigenvalue weighted by atomic mass is 16.5. The van der Waals surface area contributed by atoms with E-state index in [9.17, 15) is 14.8 Å². The Bertz CT molecular complexity index is 1060. The Morgan fingerprint density at radius 2 is 1.08 bits per heavy atom. The number of hydrogen-bond acceptors (Lipinski definition) is 10. The first-order valence-electron chi connectivity index (χ1n) is 26.2. The Balaban J connectivity index is 0. The largest absolute Gasteiger partial charge is 0.462 e. The Hall–Kier alpha value is -2.57. The van der Waals surface area contributed by atoms with Crippen LogP contribution in [0.5, 0.6) is 0 Å². The van der Waals surface area contributed by atoms with Gasteiger partial charge >= 0.3 is 5.97 Å². The summed E-state index contributed by atoms with van der Waals surface area (Å²) >= 11 is 0. The molecule has 0 spiro atoms. The number of unbranched alkanes of at least 4 members (excludes halogenated alkanes) is 24. The van der Waals surface area contributed by atoms with Gasteiger partial charge in [0.15, 0.2) is 11.5 Å². The highest BCUT2D eigenvalue weighted by Crippen LogP contribution is 2.19. The average Bonchev–Trinajstić information content (AvgIpc) is 3.28. The van der Waals surface area contributed by atoms with Crippen LogP contribution in [0.1, 0.15) is 252 Å². The molecule has 6 N–H and O–H groups in total. The van der Waals surface area contributed by atoms with Crippen LogP contribution in [0.3, 0.4) is 0 Å². The van der Waals surface area contributed by atoms with Gasteiger partial charge in [-0.15, -0.1) is 0 Å². The van der Waals surface area contributed by atoms with Crippen molar-refractivity contribution in [2.45, 2.75) is 265 Å². The summed E-state index contributed by atoms with van der Waals surface area (Å²) in [4.78, 5) is 30.0. The third kappa shape index (κ3) is 43.1.